The van der Waals surface area contributed by atoms with Crippen LogP contribution in [0, 0.1) is 0 Å². The number of hydrogen-bond donors (Lipinski definition) is 2. The van der Waals surface area contributed by atoms with Crippen molar-refractivity contribution >= 4 is 11.3 Å². The van der Waals surface area contributed by atoms with E-state index in [1.54, 1.807) is 6.33 Å². The molecular formula is C9H10N4S. The second-order valence-electron chi connectivity index (χ2n) is 3.31. The van der Waals surface area contributed by atoms with E-state index in [4.69, 9.17) is 0 Å². The highest BCUT2D eigenvalue weighted by Gasteiger charge is 2.23. The van der Waals surface area contributed by atoms with Gasteiger partial charge in [0, 0.05) is 11.4 Å². The van der Waals surface area contributed by atoms with Gasteiger partial charge in [-0.15, -0.1) is 11.3 Å². The smallest absolute Gasteiger partial charge is 0.146 e. The van der Waals surface area contributed by atoms with Crippen molar-refractivity contribution < 1.29 is 0 Å². The molecule has 3 rings (SSSR count). The summed E-state index contributed by atoms with van der Waals surface area (Å²) in [6.07, 6.45) is 2.68. The molecule has 2 aromatic heterocycles. The minimum Gasteiger partial charge on any atom is -0.303 e. The van der Waals surface area contributed by atoms with Gasteiger partial charge in [0.1, 0.15) is 12.2 Å². The Morgan fingerprint density at radius 3 is 3.36 bits per heavy atom. The maximum absolute atomic E-state index is 4.19. The van der Waals surface area contributed by atoms with E-state index >= 15 is 0 Å². The monoisotopic (exact) mass is 206 g/mol. The third kappa shape index (κ3) is 1.17. The molecule has 0 amide bonds. The molecule has 1 atom stereocenters. The summed E-state index contributed by atoms with van der Waals surface area (Å²) in [5.41, 5.74) is 1.35. The van der Waals surface area contributed by atoms with E-state index in [0.29, 0.717) is 0 Å². The van der Waals surface area contributed by atoms with Crippen LogP contribution in [0.4, 0.5) is 0 Å². The quantitative estimate of drug-likeness (QED) is 0.734. The normalized spacial score (nSPS) is 20.7. The third-order valence-electron chi connectivity index (χ3n) is 2.50. The molecule has 0 spiro atoms. The number of aromatic nitrogens is 3. The van der Waals surface area contributed by atoms with Gasteiger partial charge in [0.15, 0.2) is 0 Å². The molecular weight excluding hydrogens is 196 g/mol. The maximum atomic E-state index is 4.19. The molecule has 1 unspecified atom stereocenters. The van der Waals surface area contributed by atoms with Crippen LogP contribution in [-0.2, 0) is 6.42 Å². The molecule has 1 aliphatic heterocycles. The average Bonchev–Trinajstić information content (AvgIpc) is 2.88. The first-order valence-corrected chi connectivity index (χ1v) is 5.48. The molecule has 0 aliphatic carbocycles. The Balaban J connectivity index is 2.04. The number of H-pyrrole nitrogens is 1. The van der Waals surface area contributed by atoms with E-state index in [1.807, 2.05) is 11.3 Å². The molecule has 3 heterocycles. The summed E-state index contributed by atoms with van der Waals surface area (Å²) in [6.45, 7) is 1.01. The molecule has 0 fully saturated rings. The number of aromatic amines is 1. The van der Waals surface area contributed by atoms with Crippen LogP contribution in [-0.4, -0.2) is 21.7 Å². The molecule has 0 saturated heterocycles. The Morgan fingerprint density at radius 2 is 2.50 bits per heavy atom. The van der Waals surface area contributed by atoms with Gasteiger partial charge in [-0.25, -0.2) is 4.98 Å². The molecule has 0 saturated carbocycles. The minimum absolute atomic E-state index is 0.201. The summed E-state index contributed by atoms with van der Waals surface area (Å²) >= 11 is 1.82. The predicted molar refractivity (Wildman–Crippen MR) is 54.3 cm³/mol. The summed E-state index contributed by atoms with van der Waals surface area (Å²) in [5, 5.41) is 12.4. The van der Waals surface area contributed by atoms with Crippen molar-refractivity contribution in [2.45, 2.75) is 12.5 Å². The summed E-state index contributed by atoms with van der Waals surface area (Å²) in [6, 6.07) is 2.37. The van der Waals surface area contributed by atoms with Gasteiger partial charge in [0.05, 0.1) is 6.04 Å². The van der Waals surface area contributed by atoms with Crippen molar-refractivity contribution in [3.05, 3.63) is 34.0 Å². The second-order valence-corrected chi connectivity index (χ2v) is 4.31. The van der Waals surface area contributed by atoms with Gasteiger partial charge in [-0.2, -0.15) is 5.10 Å². The number of fused-ring (bicyclic) bond motifs is 1. The van der Waals surface area contributed by atoms with E-state index in [1.165, 1.54) is 10.4 Å². The number of rotatable bonds is 1. The fourth-order valence-electron chi connectivity index (χ4n) is 1.85. The van der Waals surface area contributed by atoms with Crippen LogP contribution in [0.3, 0.4) is 0 Å². The van der Waals surface area contributed by atoms with Crippen LogP contribution in [0.25, 0.3) is 0 Å². The van der Waals surface area contributed by atoms with Gasteiger partial charge in [-0.05, 0) is 23.4 Å². The summed E-state index contributed by atoms with van der Waals surface area (Å²) in [4.78, 5) is 5.66. The molecule has 4 nitrogen and oxygen atoms in total. The Hall–Kier alpha value is -1.20. The van der Waals surface area contributed by atoms with Crippen molar-refractivity contribution in [3.8, 4) is 0 Å². The maximum Gasteiger partial charge on any atom is 0.146 e. The first kappa shape index (κ1) is 8.14. The van der Waals surface area contributed by atoms with Crippen LogP contribution in [0.5, 0.6) is 0 Å². The van der Waals surface area contributed by atoms with Crippen LogP contribution in [0.1, 0.15) is 22.3 Å². The highest BCUT2D eigenvalue weighted by molar-refractivity contribution is 7.10. The van der Waals surface area contributed by atoms with E-state index in [9.17, 15) is 0 Å². The zero-order valence-corrected chi connectivity index (χ0v) is 8.34. The SMILES string of the molecule is c1n[nH]c(C2NCCc3sccc32)n1. The van der Waals surface area contributed by atoms with Crippen LogP contribution >= 0.6 is 11.3 Å². The molecule has 1 aliphatic rings. The third-order valence-corrected chi connectivity index (χ3v) is 3.50. The lowest BCUT2D eigenvalue weighted by Gasteiger charge is -2.21. The lowest BCUT2D eigenvalue weighted by Crippen LogP contribution is -2.30. The molecule has 0 bridgehead atoms. The molecule has 0 aromatic carbocycles. The molecule has 0 radical (unpaired) electrons. The number of thiophene rings is 1. The van der Waals surface area contributed by atoms with Gasteiger partial charge in [-0.1, -0.05) is 0 Å². The zero-order valence-electron chi connectivity index (χ0n) is 7.53. The Morgan fingerprint density at radius 1 is 1.50 bits per heavy atom. The zero-order chi connectivity index (χ0) is 9.38. The highest BCUT2D eigenvalue weighted by Crippen LogP contribution is 2.29. The van der Waals surface area contributed by atoms with Gasteiger partial charge < -0.3 is 5.32 Å². The Bertz CT molecular complexity index is 420. The molecule has 72 valence electrons. The van der Waals surface area contributed by atoms with Gasteiger partial charge in [0.2, 0.25) is 0 Å². The molecule has 2 aromatic rings. The summed E-state index contributed by atoms with van der Waals surface area (Å²) < 4.78 is 0. The van der Waals surface area contributed by atoms with E-state index < -0.39 is 0 Å². The topological polar surface area (TPSA) is 53.6 Å². The van der Waals surface area contributed by atoms with Crippen molar-refractivity contribution in [3.63, 3.8) is 0 Å². The lowest BCUT2D eigenvalue weighted by molar-refractivity contribution is 0.551. The molecule has 14 heavy (non-hydrogen) atoms. The van der Waals surface area contributed by atoms with Crippen LogP contribution in [0.15, 0.2) is 17.8 Å². The van der Waals surface area contributed by atoms with E-state index in [0.717, 1.165) is 18.8 Å². The fourth-order valence-corrected chi connectivity index (χ4v) is 2.77. The second kappa shape index (κ2) is 3.18. The first-order chi connectivity index (χ1) is 6.95. The largest absolute Gasteiger partial charge is 0.303 e. The molecule has 5 heteroatoms. The Kier molecular flexibility index (Phi) is 1.85. The van der Waals surface area contributed by atoms with Crippen molar-refractivity contribution in [1.29, 1.82) is 0 Å². The van der Waals surface area contributed by atoms with Gasteiger partial charge >= 0.3 is 0 Å². The van der Waals surface area contributed by atoms with Gasteiger partial charge in [-0.3, -0.25) is 5.10 Å². The van der Waals surface area contributed by atoms with Crippen molar-refractivity contribution in [1.82, 2.24) is 20.5 Å². The van der Waals surface area contributed by atoms with Crippen molar-refractivity contribution in [2.24, 2.45) is 0 Å². The lowest BCUT2D eigenvalue weighted by atomic mass is 10.0. The number of hydrogen-bond acceptors (Lipinski definition) is 4. The number of nitrogens with zero attached hydrogens (tertiary/aromatic N) is 2. The summed E-state index contributed by atoms with van der Waals surface area (Å²) in [5.74, 6) is 0.907. The first-order valence-electron chi connectivity index (χ1n) is 4.60. The number of nitrogens with one attached hydrogen (secondary N) is 2. The van der Waals surface area contributed by atoms with Crippen molar-refractivity contribution in [2.75, 3.05) is 6.54 Å². The van der Waals surface area contributed by atoms with Crippen LogP contribution in [0.2, 0.25) is 0 Å². The molecule has 2 N–H and O–H groups in total. The average molecular weight is 206 g/mol. The fraction of sp³-hybridized carbons (Fsp3) is 0.333. The minimum atomic E-state index is 0.201. The van der Waals surface area contributed by atoms with Crippen LogP contribution < -0.4 is 5.32 Å². The Labute approximate surface area is 85.4 Å². The highest BCUT2D eigenvalue weighted by atomic mass is 32.1. The van der Waals surface area contributed by atoms with Gasteiger partial charge in [0.25, 0.3) is 0 Å². The standard InChI is InChI=1S/C9H10N4S/c1-3-10-8(9-11-5-12-13-9)6-2-4-14-7(1)6/h2,4-5,8,10H,1,3H2,(H,11,12,13). The summed E-state index contributed by atoms with van der Waals surface area (Å²) in [7, 11) is 0. The van der Waals surface area contributed by atoms with E-state index in [-0.39, 0.29) is 6.04 Å². The predicted octanol–water partition coefficient (Wildman–Crippen LogP) is 1.10. The van der Waals surface area contributed by atoms with E-state index in [2.05, 4.69) is 31.9 Å².